The number of benzene rings is 2. The first-order chi connectivity index (χ1) is 14.8. The van der Waals surface area contributed by atoms with Crippen LogP contribution in [0.1, 0.15) is 39.3 Å². The molecule has 2 aromatic carbocycles. The second-order valence-electron chi connectivity index (χ2n) is 7.95. The predicted octanol–water partition coefficient (Wildman–Crippen LogP) is 2.85. The molecule has 1 aliphatic carbocycles. The number of aromatic nitrogens is 2. The number of carbonyl (C=O) groups excluding carboxylic acids is 1. The molecular weight excluding hydrogens is 412 g/mol. The van der Waals surface area contributed by atoms with E-state index >= 15 is 0 Å². The molecule has 0 saturated carbocycles. The Labute approximate surface area is 182 Å². The fourth-order valence-electron chi connectivity index (χ4n) is 3.88. The van der Waals surface area contributed by atoms with Gasteiger partial charge in [-0.3, -0.25) is 4.79 Å². The molecule has 0 saturated heterocycles. The lowest BCUT2D eigenvalue weighted by atomic mass is 10.1. The quantitative estimate of drug-likeness (QED) is 0.641. The zero-order chi connectivity index (χ0) is 22.2. The highest BCUT2D eigenvalue weighted by atomic mass is 32.2. The van der Waals surface area contributed by atoms with Crippen molar-refractivity contribution in [3.05, 3.63) is 76.6 Å². The van der Waals surface area contributed by atoms with E-state index in [1.54, 1.807) is 24.3 Å². The largest absolute Gasteiger partial charge is 0.347 e. The van der Waals surface area contributed by atoms with E-state index in [1.807, 2.05) is 35.9 Å². The van der Waals surface area contributed by atoms with Gasteiger partial charge in [0.05, 0.1) is 10.6 Å². The Hall–Kier alpha value is -2.97. The van der Waals surface area contributed by atoms with Crippen LogP contribution in [0.4, 0.5) is 0 Å². The molecule has 0 radical (unpaired) electrons. The van der Waals surface area contributed by atoms with Crippen LogP contribution in [0.15, 0.2) is 53.4 Å². The molecule has 0 atom stereocenters. The van der Waals surface area contributed by atoms with Gasteiger partial charge in [-0.1, -0.05) is 35.9 Å². The number of rotatable bonds is 6. The summed E-state index contributed by atoms with van der Waals surface area (Å²) in [6.45, 7) is 2.14. The van der Waals surface area contributed by atoms with E-state index in [2.05, 4.69) is 10.4 Å². The number of carbonyl (C=O) groups is 1. The second-order valence-corrected chi connectivity index (χ2v) is 10.1. The minimum Gasteiger partial charge on any atom is -0.347 e. The van der Waals surface area contributed by atoms with E-state index in [-0.39, 0.29) is 17.3 Å². The third-order valence-electron chi connectivity index (χ3n) is 5.59. The van der Waals surface area contributed by atoms with Crippen molar-refractivity contribution in [2.75, 3.05) is 14.1 Å². The van der Waals surface area contributed by atoms with Gasteiger partial charge in [0.15, 0.2) is 5.69 Å². The Bertz CT molecular complexity index is 1230. The smallest absolute Gasteiger partial charge is 0.272 e. The molecule has 7 nitrogen and oxygen atoms in total. The number of amides is 1. The monoisotopic (exact) mass is 438 g/mol. The first kappa shape index (κ1) is 21.3. The van der Waals surface area contributed by atoms with E-state index in [4.69, 9.17) is 0 Å². The summed E-state index contributed by atoms with van der Waals surface area (Å²) >= 11 is 0. The SMILES string of the molecule is Cc1ccc(-n2nc(C(=O)NCc3ccccc3S(=O)(=O)N(C)C)c3c2CCC3)cc1. The van der Waals surface area contributed by atoms with Crippen LogP contribution in [0.5, 0.6) is 0 Å². The third kappa shape index (κ3) is 4.00. The Morgan fingerprint density at radius 2 is 1.81 bits per heavy atom. The van der Waals surface area contributed by atoms with Crippen LogP contribution in [0.25, 0.3) is 5.69 Å². The number of hydrogen-bond acceptors (Lipinski definition) is 4. The van der Waals surface area contributed by atoms with Crippen molar-refractivity contribution in [1.29, 1.82) is 0 Å². The topological polar surface area (TPSA) is 84.3 Å². The van der Waals surface area contributed by atoms with Crippen LogP contribution in [0, 0.1) is 6.92 Å². The summed E-state index contributed by atoms with van der Waals surface area (Å²) in [5.41, 5.74) is 5.11. The average molecular weight is 439 g/mol. The molecule has 1 N–H and O–H groups in total. The average Bonchev–Trinajstić information content (AvgIpc) is 3.36. The summed E-state index contributed by atoms with van der Waals surface area (Å²) in [4.78, 5) is 13.2. The van der Waals surface area contributed by atoms with E-state index < -0.39 is 10.0 Å². The van der Waals surface area contributed by atoms with Crippen molar-refractivity contribution < 1.29 is 13.2 Å². The van der Waals surface area contributed by atoms with Gasteiger partial charge < -0.3 is 5.32 Å². The van der Waals surface area contributed by atoms with Crippen LogP contribution in [0.3, 0.4) is 0 Å². The van der Waals surface area contributed by atoms with E-state index in [0.29, 0.717) is 11.3 Å². The van der Waals surface area contributed by atoms with Crippen LogP contribution in [-0.4, -0.2) is 42.5 Å². The van der Waals surface area contributed by atoms with Gasteiger partial charge in [0.2, 0.25) is 10.0 Å². The number of sulfonamides is 1. The number of hydrogen-bond donors (Lipinski definition) is 1. The summed E-state index contributed by atoms with van der Waals surface area (Å²) in [5.74, 6) is -0.291. The second kappa shape index (κ2) is 8.28. The lowest BCUT2D eigenvalue weighted by Crippen LogP contribution is -2.27. The van der Waals surface area contributed by atoms with Crippen molar-refractivity contribution in [2.24, 2.45) is 0 Å². The fourth-order valence-corrected chi connectivity index (χ4v) is 4.99. The first-order valence-corrected chi connectivity index (χ1v) is 11.7. The van der Waals surface area contributed by atoms with Gasteiger partial charge in [-0.15, -0.1) is 0 Å². The normalized spacial score (nSPS) is 13.4. The molecule has 1 aromatic heterocycles. The maximum absolute atomic E-state index is 13.0. The maximum Gasteiger partial charge on any atom is 0.272 e. The summed E-state index contributed by atoms with van der Waals surface area (Å²) < 4.78 is 28.2. The molecule has 0 fully saturated rings. The van der Waals surface area contributed by atoms with Crippen molar-refractivity contribution >= 4 is 15.9 Å². The van der Waals surface area contributed by atoms with Gasteiger partial charge in [0.25, 0.3) is 5.91 Å². The highest BCUT2D eigenvalue weighted by Gasteiger charge is 2.27. The molecular formula is C23H26N4O3S. The molecule has 0 unspecified atom stereocenters. The van der Waals surface area contributed by atoms with Crippen molar-refractivity contribution in [3.8, 4) is 5.69 Å². The molecule has 1 amide bonds. The van der Waals surface area contributed by atoms with E-state index in [1.165, 1.54) is 18.4 Å². The molecule has 3 aromatic rings. The van der Waals surface area contributed by atoms with Gasteiger partial charge >= 0.3 is 0 Å². The highest BCUT2D eigenvalue weighted by molar-refractivity contribution is 7.89. The van der Waals surface area contributed by atoms with Crippen LogP contribution >= 0.6 is 0 Å². The number of aryl methyl sites for hydroxylation is 1. The molecule has 0 aliphatic heterocycles. The minimum absolute atomic E-state index is 0.105. The predicted molar refractivity (Wildman–Crippen MR) is 119 cm³/mol. The minimum atomic E-state index is -3.60. The van der Waals surface area contributed by atoms with E-state index in [0.717, 1.165) is 41.8 Å². The zero-order valence-electron chi connectivity index (χ0n) is 17.9. The Morgan fingerprint density at radius 1 is 1.10 bits per heavy atom. The maximum atomic E-state index is 13.0. The summed E-state index contributed by atoms with van der Waals surface area (Å²) in [6, 6.07) is 14.8. The molecule has 0 bridgehead atoms. The molecule has 1 heterocycles. The van der Waals surface area contributed by atoms with Crippen molar-refractivity contribution in [3.63, 3.8) is 0 Å². The summed E-state index contributed by atoms with van der Waals surface area (Å²) in [5, 5.41) is 7.49. The van der Waals surface area contributed by atoms with Crippen molar-refractivity contribution in [2.45, 2.75) is 37.6 Å². The van der Waals surface area contributed by atoms with Crippen LogP contribution in [-0.2, 0) is 29.4 Å². The van der Waals surface area contributed by atoms with E-state index in [9.17, 15) is 13.2 Å². The van der Waals surface area contributed by atoms with Crippen molar-refractivity contribution in [1.82, 2.24) is 19.4 Å². The fraction of sp³-hybridized carbons (Fsp3) is 0.304. The van der Waals surface area contributed by atoms with Crippen LogP contribution < -0.4 is 5.32 Å². The summed E-state index contributed by atoms with van der Waals surface area (Å²) in [6.07, 6.45) is 2.69. The molecule has 1 aliphatic rings. The molecule has 8 heteroatoms. The number of nitrogens with one attached hydrogen (secondary N) is 1. The molecule has 162 valence electrons. The standard InChI is InChI=1S/C23H26N4O3S/c1-16-11-13-18(14-12-16)27-20-9-6-8-19(20)22(25-27)23(28)24-15-17-7-4-5-10-21(17)31(29,30)26(2)3/h4-5,7,10-14H,6,8-9,15H2,1-3H3,(H,24,28). The molecule has 4 rings (SSSR count). The Morgan fingerprint density at radius 3 is 2.52 bits per heavy atom. The third-order valence-corrected chi connectivity index (χ3v) is 7.51. The van der Waals surface area contributed by atoms with Gasteiger partial charge in [-0.05, 0) is 49.9 Å². The van der Waals surface area contributed by atoms with Crippen LogP contribution in [0.2, 0.25) is 0 Å². The highest BCUT2D eigenvalue weighted by Crippen LogP contribution is 2.28. The van der Waals surface area contributed by atoms with Gasteiger partial charge in [-0.25, -0.2) is 17.4 Å². The summed E-state index contributed by atoms with van der Waals surface area (Å²) in [7, 11) is -0.619. The van der Waals surface area contributed by atoms with Gasteiger partial charge in [-0.2, -0.15) is 5.10 Å². The number of fused-ring (bicyclic) bond motifs is 1. The number of nitrogens with zero attached hydrogens (tertiary/aromatic N) is 3. The zero-order valence-corrected chi connectivity index (χ0v) is 18.7. The lowest BCUT2D eigenvalue weighted by Gasteiger charge is -2.15. The van der Waals surface area contributed by atoms with Gasteiger partial charge in [0, 0.05) is 31.9 Å². The first-order valence-electron chi connectivity index (χ1n) is 10.3. The molecule has 31 heavy (non-hydrogen) atoms. The van der Waals surface area contributed by atoms with Gasteiger partial charge in [0.1, 0.15) is 0 Å². The lowest BCUT2D eigenvalue weighted by molar-refractivity contribution is 0.0944. The Balaban J connectivity index is 1.60. The Kier molecular flexibility index (Phi) is 5.68. The molecule has 0 spiro atoms.